The van der Waals surface area contributed by atoms with Crippen LogP contribution in [-0.4, -0.2) is 42.6 Å². The SMILES string of the molecule is CCCNc1cncc(NCC(C)(C)N(C)C)c1. The molecule has 0 bridgehead atoms. The fraction of sp³-hybridized carbons (Fsp3) is 0.643. The normalized spacial score (nSPS) is 11.7. The van der Waals surface area contributed by atoms with Crippen LogP contribution in [0.5, 0.6) is 0 Å². The van der Waals surface area contributed by atoms with Gasteiger partial charge in [0, 0.05) is 18.6 Å². The highest BCUT2D eigenvalue weighted by Gasteiger charge is 2.19. The molecule has 0 atom stereocenters. The molecule has 0 unspecified atom stereocenters. The molecule has 0 aromatic carbocycles. The lowest BCUT2D eigenvalue weighted by molar-refractivity contribution is 0.210. The molecule has 102 valence electrons. The van der Waals surface area contributed by atoms with E-state index >= 15 is 0 Å². The average Bonchev–Trinajstić information content (AvgIpc) is 2.34. The Labute approximate surface area is 111 Å². The van der Waals surface area contributed by atoms with E-state index in [1.807, 2.05) is 12.4 Å². The van der Waals surface area contributed by atoms with E-state index in [0.717, 1.165) is 30.9 Å². The van der Waals surface area contributed by atoms with Crippen molar-refractivity contribution in [2.24, 2.45) is 0 Å². The van der Waals surface area contributed by atoms with Crippen LogP contribution in [0.1, 0.15) is 27.2 Å². The molecule has 0 aliphatic rings. The molecular formula is C14H26N4. The fourth-order valence-electron chi connectivity index (χ4n) is 1.38. The van der Waals surface area contributed by atoms with Gasteiger partial charge < -0.3 is 15.5 Å². The smallest absolute Gasteiger partial charge is 0.0548 e. The Bertz CT molecular complexity index is 361. The molecule has 4 nitrogen and oxygen atoms in total. The summed E-state index contributed by atoms with van der Waals surface area (Å²) >= 11 is 0. The van der Waals surface area contributed by atoms with Crippen molar-refractivity contribution in [2.45, 2.75) is 32.7 Å². The first kappa shape index (κ1) is 14.8. The third-order valence-electron chi connectivity index (χ3n) is 3.25. The zero-order chi connectivity index (χ0) is 13.6. The largest absolute Gasteiger partial charge is 0.384 e. The summed E-state index contributed by atoms with van der Waals surface area (Å²) in [7, 11) is 4.19. The molecule has 0 saturated heterocycles. The maximum Gasteiger partial charge on any atom is 0.0548 e. The molecule has 0 aliphatic carbocycles. The number of hydrogen-bond acceptors (Lipinski definition) is 4. The van der Waals surface area contributed by atoms with Crippen molar-refractivity contribution in [3.63, 3.8) is 0 Å². The second-order valence-electron chi connectivity index (χ2n) is 5.45. The van der Waals surface area contributed by atoms with Gasteiger partial charge in [0.05, 0.1) is 23.8 Å². The van der Waals surface area contributed by atoms with E-state index < -0.39 is 0 Å². The number of likely N-dealkylation sites (N-methyl/N-ethyl adjacent to an activating group) is 1. The summed E-state index contributed by atoms with van der Waals surface area (Å²) in [6.45, 7) is 8.45. The molecule has 0 radical (unpaired) electrons. The van der Waals surface area contributed by atoms with E-state index in [2.05, 4.69) is 61.5 Å². The summed E-state index contributed by atoms with van der Waals surface area (Å²) < 4.78 is 0. The van der Waals surface area contributed by atoms with E-state index in [1.54, 1.807) is 0 Å². The van der Waals surface area contributed by atoms with Gasteiger partial charge in [-0.1, -0.05) is 6.92 Å². The fourth-order valence-corrected chi connectivity index (χ4v) is 1.38. The molecule has 2 N–H and O–H groups in total. The highest BCUT2D eigenvalue weighted by molar-refractivity contribution is 5.54. The minimum absolute atomic E-state index is 0.118. The molecule has 4 heteroatoms. The standard InChI is InChI=1S/C14H26N4/c1-6-7-16-12-8-13(10-15-9-12)17-11-14(2,3)18(4)5/h8-10,16-17H,6-7,11H2,1-5H3. The summed E-state index contributed by atoms with van der Waals surface area (Å²) in [5.41, 5.74) is 2.25. The predicted octanol–water partition coefficient (Wildman–Crippen LogP) is 2.66. The Hall–Kier alpha value is -1.29. The molecule has 1 aromatic rings. The van der Waals surface area contributed by atoms with E-state index in [-0.39, 0.29) is 5.54 Å². The van der Waals surface area contributed by atoms with E-state index in [9.17, 15) is 0 Å². The number of rotatable bonds is 7. The van der Waals surface area contributed by atoms with Crippen LogP contribution in [0.15, 0.2) is 18.5 Å². The lowest BCUT2D eigenvalue weighted by Crippen LogP contribution is -2.44. The highest BCUT2D eigenvalue weighted by atomic mass is 15.2. The van der Waals surface area contributed by atoms with Crippen molar-refractivity contribution in [3.05, 3.63) is 18.5 Å². The van der Waals surface area contributed by atoms with Crippen LogP contribution in [0, 0.1) is 0 Å². The van der Waals surface area contributed by atoms with E-state index in [1.165, 1.54) is 0 Å². The molecular weight excluding hydrogens is 224 g/mol. The Morgan fingerprint density at radius 2 is 1.78 bits per heavy atom. The van der Waals surface area contributed by atoms with Gasteiger partial charge in [0.15, 0.2) is 0 Å². The second kappa shape index (κ2) is 6.59. The van der Waals surface area contributed by atoms with Gasteiger partial charge in [0.25, 0.3) is 0 Å². The maximum atomic E-state index is 4.24. The zero-order valence-corrected chi connectivity index (χ0v) is 12.2. The Morgan fingerprint density at radius 1 is 1.17 bits per heavy atom. The van der Waals surface area contributed by atoms with Gasteiger partial charge in [-0.3, -0.25) is 4.98 Å². The number of nitrogens with one attached hydrogen (secondary N) is 2. The quantitative estimate of drug-likeness (QED) is 0.780. The first-order valence-corrected chi connectivity index (χ1v) is 6.56. The minimum Gasteiger partial charge on any atom is -0.384 e. The van der Waals surface area contributed by atoms with Crippen LogP contribution in [0.2, 0.25) is 0 Å². The topological polar surface area (TPSA) is 40.2 Å². The van der Waals surface area contributed by atoms with Gasteiger partial charge >= 0.3 is 0 Å². The van der Waals surface area contributed by atoms with Gasteiger partial charge in [-0.15, -0.1) is 0 Å². The lowest BCUT2D eigenvalue weighted by atomic mass is 10.0. The monoisotopic (exact) mass is 250 g/mol. The third-order valence-corrected chi connectivity index (χ3v) is 3.25. The highest BCUT2D eigenvalue weighted by Crippen LogP contribution is 2.16. The van der Waals surface area contributed by atoms with Crippen molar-refractivity contribution in [1.29, 1.82) is 0 Å². The van der Waals surface area contributed by atoms with Gasteiger partial charge in [0.2, 0.25) is 0 Å². The maximum absolute atomic E-state index is 4.24. The predicted molar refractivity (Wildman–Crippen MR) is 79.3 cm³/mol. The van der Waals surface area contributed by atoms with Crippen molar-refractivity contribution in [1.82, 2.24) is 9.88 Å². The first-order valence-electron chi connectivity index (χ1n) is 6.56. The lowest BCUT2D eigenvalue weighted by Gasteiger charge is -2.33. The average molecular weight is 250 g/mol. The van der Waals surface area contributed by atoms with Crippen LogP contribution in [0.4, 0.5) is 11.4 Å². The van der Waals surface area contributed by atoms with Crippen LogP contribution in [0.3, 0.4) is 0 Å². The summed E-state index contributed by atoms with van der Waals surface area (Å²) in [6.07, 6.45) is 4.84. The van der Waals surface area contributed by atoms with Crippen LogP contribution in [-0.2, 0) is 0 Å². The molecule has 0 saturated carbocycles. The molecule has 1 rings (SSSR count). The van der Waals surface area contributed by atoms with Crippen LogP contribution >= 0.6 is 0 Å². The molecule has 0 fully saturated rings. The van der Waals surface area contributed by atoms with Gasteiger partial charge in [0.1, 0.15) is 0 Å². The van der Waals surface area contributed by atoms with E-state index in [4.69, 9.17) is 0 Å². The molecule has 0 aliphatic heterocycles. The number of aromatic nitrogens is 1. The van der Waals surface area contributed by atoms with Gasteiger partial charge in [-0.05, 0) is 40.4 Å². The number of pyridine rings is 1. The van der Waals surface area contributed by atoms with Gasteiger partial charge in [-0.2, -0.15) is 0 Å². The molecule has 1 aromatic heterocycles. The first-order chi connectivity index (χ1) is 8.45. The summed E-state index contributed by atoms with van der Waals surface area (Å²) in [5.74, 6) is 0. The van der Waals surface area contributed by atoms with Crippen molar-refractivity contribution < 1.29 is 0 Å². The zero-order valence-electron chi connectivity index (χ0n) is 12.2. The Morgan fingerprint density at radius 3 is 2.33 bits per heavy atom. The Balaban J connectivity index is 2.57. The van der Waals surface area contributed by atoms with Crippen molar-refractivity contribution in [2.75, 3.05) is 37.8 Å². The second-order valence-corrected chi connectivity index (χ2v) is 5.45. The molecule has 0 amide bonds. The summed E-state index contributed by atoms with van der Waals surface area (Å²) in [5, 5.41) is 6.78. The summed E-state index contributed by atoms with van der Waals surface area (Å²) in [6, 6.07) is 2.11. The molecule has 1 heterocycles. The molecule has 0 spiro atoms. The third kappa shape index (κ3) is 4.53. The summed E-state index contributed by atoms with van der Waals surface area (Å²) in [4.78, 5) is 6.46. The van der Waals surface area contributed by atoms with Crippen molar-refractivity contribution in [3.8, 4) is 0 Å². The minimum atomic E-state index is 0.118. The number of nitrogens with zero attached hydrogens (tertiary/aromatic N) is 2. The number of anilines is 2. The van der Waals surface area contributed by atoms with E-state index in [0.29, 0.717) is 0 Å². The van der Waals surface area contributed by atoms with Crippen molar-refractivity contribution >= 4 is 11.4 Å². The number of hydrogen-bond donors (Lipinski definition) is 2. The van der Waals surface area contributed by atoms with Gasteiger partial charge in [-0.25, -0.2) is 0 Å². The van der Waals surface area contributed by atoms with Crippen LogP contribution in [0.25, 0.3) is 0 Å². The Kier molecular flexibility index (Phi) is 5.41. The van der Waals surface area contributed by atoms with Crippen LogP contribution < -0.4 is 10.6 Å². The molecule has 18 heavy (non-hydrogen) atoms.